The Balaban J connectivity index is 2.59. The molecule has 0 unspecified atom stereocenters. The molecule has 0 aliphatic rings. The molecule has 0 radical (unpaired) electrons. The van der Waals surface area contributed by atoms with Crippen molar-refractivity contribution in [3.8, 4) is 11.3 Å². The van der Waals surface area contributed by atoms with E-state index in [1.807, 2.05) is 13.4 Å². The normalized spacial score (nSPS) is 10.7. The second kappa shape index (κ2) is 3.54. The van der Waals surface area contributed by atoms with Crippen LogP contribution in [-0.2, 0) is 7.05 Å². The highest BCUT2D eigenvalue weighted by Crippen LogP contribution is 2.25. The summed E-state index contributed by atoms with van der Waals surface area (Å²) in [5.74, 6) is 0. The van der Waals surface area contributed by atoms with Crippen LogP contribution in [0.1, 0.15) is 16.8 Å². The fourth-order valence-corrected chi connectivity index (χ4v) is 1.84. The van der Waals surface area contributed by atoms with Gasteiger partial charge in [-0.3, -0.25) is 0 Å². The fraction of sp³-hybridized carbons (Fsp3) is 0.308. The van der Waals surface area contributed by atoms with E-state index in [9.17, 15) is 0 Å². The first-order valence-electron chi connectivity index (χ1n) is 5.15. The molecule has 78 valence electrons. The van der Waals surface area contributed by atoms with Crippen molar-refractivity contribution in [2.75, 3.05) is 0 Å². The molecule has 0 spiro atoms. The number of hydrogen-bond acceptors (Lipinski definition) is 1. The van der Waals surface area contributed by atoms with Gasteiger partial charge in [0.15, 0.2) is 0 Å². The third-order valence-electron chi connectivity index (χ3n) is 2.87. The molecule has 0 bridgehead atoms. The monoisotopic (exact) mass is 200 g/mol. The average Bonchev–Trinajstić information content (AvgIpc) is 2.49. The van der Waals surface area contributed by atoms with Crippen molar-refractivity contribution in [3.05, 3.63) is 41.3 Å². The molecule has 0 N–H and O–H groups in total. The second-order valence-corrected chi connectivity index (χ2v) is 4.11. The number of aryl methyl sites for hydroxylation is 3. The van der Waals surface area contributed by atoms with E-state index >= 15 is 0 Å². The van der Waals surface area contributed by atoms with E-state index < -0.39 is 0 Å². The molecule has 1 heterocycles. The Kier molecular flexibility index (Phi) is 2.35. The van der Waals surface area contributed by atoms with E-state index in [0.29, 0.717) is 0 Å². The summed E-state index contributed by atoms with van der Waals surface area (Å²) in [6.45, 7) is 6.35. The Morgan fingerprint density at radius 2 is 1.87 bits per heavy atom. The van der Waals surface area contributed by atoms with Crippen molar-refractivity contribution >= 4 is 0 Å². The van der Waals surface area contributed by atoms with E-state index in [1.165, 1.54) is 22.4 Å². The van der Waals surface area contributed by atoms with Gasteiger partial charge in [0.25, 0.3) is 0 Å². The molecule has 0 fully saturated rings. The summed E-state index contributed by atoms with van der Waals surface area (Å²) in [5, 5.41) is 0. The van der Waals surface area contributed by atoms with Gasteiger partial charge in [-0.1, -0.05) is 23.8 Å². The molecule has 0 saturated carbocycles. The molecule has 2 heteroatoms. The number of rotatable bonds is 1. The fourth-order valence-electron chi connectivity index (χ4n) is 1.84. The van der Waals surface area contributed by atoms with E-state index in [4.69, 9.17) is 0 Å². The molecule has 0 aliphatic heterocycles. The van der Waals surface area contributed by atoms with Crippen LogP contribution in [-0.4, -0.2) is 9.55 Å². The zero-order valence-corrected chi connectivity index (χ0v) is 9.70. The van der Waals surface area contributed by atoms with Crippen LogP contribution in [0.5, 0.6) is 0 Å². The Morgan fingerprint density at radius 3 is 2.40 bits per heavy atom. The van der Waals surface area contributed by atoms with E-state index in [-0.39, 0.29) is 0 Å². The van der Waals surface area contributed by atoms with E-state index in [0.717, 1.165) is 5.69 Å². The maximum Gasteiger partial charge on any atom is 0.0953 e. The quantitative estimate of drug-likeness (QED) is 0.692. The van der Waals surface area contributed by atoms with Crippen molar-refractivity contribution in [3.63, 3.8) is 0 Å². The van der Waals surface area contributed by atoms with Gasteiger partial charge >= 0.3 is 0 Å². The van der Waals surface area contributed by atoms with Gasteiger partial charge < -0.3 is 4.57 Å². The van der Waals surface area contributed by atoms with Crippen LogP contribution in [0.25, 0.3) is 11.3 Å². The topological polar surface area (TPSA) is 17.8 Å². The number of benzene rings is 1. The lowest BCUT2D eigenvalue weighted by Crippen LogP contribution is -1.91. The molecule has 0 aliphatic carbocycles. The maximum absolute atomic E-state index is 4.44. The standard InChI is InChI=1S/C13H16N2/c1-9-5-6-12(10(2)7-9)13-11(3)15(4)8-14-13/h5-8H,1-4H3. The van der Waals surface area contributed by atoms with Gasteiger partial charge in [-0.2, -0.15) is 0 Å². The first kappa shape index (κ1) is 9.97. The lowest BCUT2D eigenvalue weighted by atomic mass is 10.0. The Bertz CT molecular complexity index is 495. The van der Waals surface area contributed by atoms with Crippen LogP contribution in [0.2, 0.25) is 0 Å². The molecular formula is C13H16N2. The molecule has 1 aromatic heterocycles. The molecule has 2 aromatic rings. The lowest BCUT2D eigenvalue weighted by Gasteiger charge is -2.05. The largest absolute Gasteiger partial charge is 0.337 e. The summed E-state index contributed by atoms with van der Waals surface area (Å²) < 4.78 is 2.05. The van der Waals surface area contributed by atoms with Crippen molar-refractivity contribution in [2.45, 2.75) is 20.8 Å². The second-order valence-electron chi connectivity index (χ2n) is 4.11. The highest BCUT2D eigenvalue weighted by Gasteiger charge is 2.08. The van der Waals surface area contributed by atoms with Crippen LogP contribution >= 0.6 is 0 Å². The third-order valence-corrected chi connectivity index (χ3v) is 2.87. The summed E-state index contributed by atoms with van der Waals surface area (Å²) in [4.78, 5) is 4.44. The SMILES string of the molecule is Cc1ccc(-c2ncn(C)c2C)c(C)c1. The molecule has 15 heavy (non-hydrogen) atoms. The van der Waals surface area contributed by atoms with Gasteiger partial charge in [0.05, 0.1) is 12.0 Å². The molecule has 0 atom stereocenters. The van der Waals surface area contributed by atoms with Gasteiger partial charge in [0.1, 0.15) is 0 Å². The zero-order chi connectivity index (χ0) is 11.0. The number of hydrogen-bond donors (Lipinski definition) is 0. The molecule has 0 amide bonds. The van der Waals surface area contributed by atoms with Crippen molar-refractivity contribution in [2.24, 2.45) is 7.05 Å². The number of aromatic nitrogens is 2. The van der Waals surface area contributed by atoms with Crippen LogP contribution in [0.4, 0.5) is 0 Å². The molecular weight excluding hydrogens is 184 g/mol. The predicted octanol–water partition coefficient (Wildman–Crippen LogP) is 3.01. The zero-order valence-electron chi connectivity index (χ0n) is 9.70. The summed E-state index contributed by atoms with van der Waals surface area (Å²) in [6.07, 6.45) is 1.87. The Labute approximate surface area is 90.6 Å². The summed E-state index contributed by atoms with van der Waals surface area (Å²) >= 11 is 0. The van der Waals surface area contributed by atoms with Crippen molar-refractivity contribution in [1.82, 2.24) is 9.55 Å². The minimum atomic E-state index is 1.09. The van der Waals surface area contributed by atoms with Crippen molar-refractivity contribution < 1.29 is 0 Å². The molecule has 0 saturated heterocycles. The van der Waals surface area contributed by atoms with Gasteiger partial charge in [0.2, 0.25) is 0 Å². The summed E-state index contributed by atoms with van der Waals surface area (Å²) in [7, 11) is 2.02. The number of imidazole rings is 1. The minimum absolute atomic E-state index is 1.09. The maximum atomic E-state index is 4.44. The number of nitrogens with zero attached hydrogens (tertiary/aromatic N) is 2. The van der Waals surface area contributed by atoms with Crippen molar-refractivity contribution in [1.29, 1.82) is 0 Å². The predicted molar refractivity (Wildman–Crippen MR) is 62.9 cm³/mol. The minimum Gasteiger partial charge on any atom is -0.337 e. The summed E-state index contributed by atoms with van der Waals surface area (Å²) in [5.41, 5.74) is 6.12. The van der Waals surface area contributed by atoms with Crippen LogP contribution in [0, 0.1) is 20.8 Å². The van der Waals surface area contributed by atoms with Gasteiger partial charge in [-0.15, -0.1) is 0 Å². The van der Waals surface area contributed by atoms with Crippen LogP contribution in [0.3, 0.4) is 0 Å². The van der Waals surface area contributed by atoms with E-state index in [1.54, 1.807) is 0 Å². The average molecular weight is 200 g/mol. The Hall–Kier alpha value is -1.57. The summed E-state index contributed by atoms with van der Waals surface area (Å²) in [6, 6.07) is 6.49. The smallest absolute Gasteiger partial charge is 0.0953 e. The van der Waals surface area contributed by atoms with Gasteiger partial charge in [0, 0.05) is 18.3 Å². The van der Waals surface area contributed by atoms with Crippen LogP contribution < -0.4 is 0 Å². The lowest BCUT2D eigenvalue weighted by molar-refractivity contribution is 0.874. The molecule has 1 aromatic carbocycles. The third kappa shape index (κ3) is 1.67. The highest BCUT2D eigenvalue weighted by atomic mass is 15.0. The molecule has 2 rings (SSSR count). The van der Waals surface area contributed by atoms with Gasteiger partial charge in [-0.05, 0) is 26.3 Å². The van der Waals surface area contributed by atoms with E-state index in [2.05, 4.69) is 48.5 Å². The highest BCUT2D eigenvalue weighted by molar-refractivity contribution is 5.66. The first-order valence-corrected chi connectivity index (χ1v) is 5.15. The first-order chi connectivity index (χ1) is 7.09. The Morgan fingerprint density at radius 1 is 1.13 bits per heavy atom. The molecule has 2 nitrogen and oxygen atoms in total. The van der Waals surface area contributed by atoms with Crippen LogP contribution in [0.15, 0.2) is 24.5 Å². The van der Waals surface area contributed by atoms with Gasteiger partial charge in [-0.25, -0.2) is 4.98 Å².